The smallest absolute Gasteiger partial charge is 0.193 e. The van der Waals surface area contributed by atoms with Gasteiger partial charge in [-0.1, -0.05) is 72.8 Å². The van der Waals surface area contributed by atoms with Gasteiger partial charge in [-0.3, -0.25) is 4.79 Å². The van der Waals surface area contributed by atoms with E-state index in [1.807, 2.05) is 91.8 Å². The molecule has 5 heteroatoms. The first-order valence-corrected chi connectivity index (χ1v) is 10.2. The van der Waals surface area contributed by atoms with Crippen LogP contribution in [0, 0.1) is 0 Å². The SMILES string of the molecule is CN(C)c1ccc([C@H]2NC(=S)NC(c3ccccc3)=C2C(=O)c2ccccc2)cc1. The van der Waals surface area contributed by atoms with Crippen LogP contribution in [-0.4, -0.2) is 25.0 Å². The van der Waals surface area contributed by atoms with Crippen molar-refractivity contribution in [2.45, 2.75) is 6.04 Å². The average Bonchev–Trinajstić information content (AvgIpc) is 2.79. The number of carbonyl (C=O) groups is 1. The first kappa shape index (κ1) is 19.9. The van der Waals surface area contributed by atoms with Crippen molar-refractivity contribution in [1.82, 2.24) is 10.6 Å². The number of benzene rings is 3. The van der Waals surface area contributed by atoms with Crippen LogP contribution in [0.2, 0.25) is 0 Å². The van der Waals surface area contributed by atoms with Crippen LogP contribution in [0.5, 0.6) is 0 Å². The number of rotatable bonds is 5. The largest absolute Gasteiger partial charge is 0.378 e. The maximum Gasteiger partial charge on any atom is 0.193 e. The van der Waals surface area contributed by atoms with Gasteiger partial charge in [0.25, 0.3) is 0 Å². The molecule has 0 bridgehead atoms. The zero-order valence-electron chi connectivity index (χ0n) is 16.9. The molecule has 4 nitrogen and oxygen atoms in total. The number of Topliss-reactive ketones (excluding diaryl/α,β-unsaturated/α-hetero) is 1. The first-order chi connectivity index (χ1) is 14.5. The average molecular weight is 414 g/mol. The highest BCUT2D eigenvalue weighted by Gasteiger charge is 2.32. The van der Waals surface area contributed by atoms with Crippen LogP contribution >= 0.6 is 12.2 Å². The molecular weight excluding hydrogens is 390 g/mol. The Morgan fingerprint density at radius 2 is 1.47 bits per heavy atom. The summed E-state index contributed by atoms with van der Waals surface area (Å²) < 4.78 is 0. The van der Waals surface area contributed by atoms with E-state index in [0.717, 1.165) is 22.5 Å². The Labute approximate surface area is 182 Å². The van der Waals surface area contributed by atoms with Crippen LogP contribution in [-0.2, 0) is 0 Å². The second-order valence-corrected chi connectivity index (χ2v) is 7.78. The molecule has 0 saturated heterocycles. The summed E-state index contributed by atoms with van der Waals surface area (Å²) in [4.78, 5) is 15.7. The molecule has 30 heavy (non-hydrogen) atoms. The van der Waals surface area contributed by atoms with Gasteiger partial charge >= 0.3 is 0 Å². The molecule has 0 aromatic heterocycles. The minimum Gasteiger partial charge on any atom is -0.378 e. The van der Waals surface area contributed by atoms with E-state index in [1.54, 1.807) is 0 Å². The Morgan fingerprint density at radius 1 is 0.867 bits per heavy atom. The molecule has 1 aliphatic rings. The van der Waals surface area contributed by atoms with Crippen molar-refractivity contribution in [3.63, 3.8) is 0 Å². The molecule has 2 N–H and O–H groups in total. The molecule has 0 amide bonds. The molecule has 1 heterocycles. The van der Waals surface area contributed by atoms with E-state index >= 15 is 0 Å². The third-order valence-corrected chi connectivity index (χ3v) is 5.38. The fraction of sp³-hybridized carbons (Fsp3) is 0.120. The van der Waals surface area contributed by atoms with Crippen molar-refractivity contribution in [3.05, 3.63) is 107 Å². The van der Waals surface area contributed by atoms with E-state index in [4.69, 9.17) is 12.2 Å². The Hall–Kier alpha value is -3.44. The van der Waals surface area contributed by atoms with E-state index in [-0.39, 0.29) is 11.8 Å². The van der Waals surface area contributed by atoms with E-state index in [1.165, 1.54) is 0 Å². The second kappa shape index (κ2) is 8.51. The van der Waals surface area contributed by atoms with Crippen LogP contribution in [0.1, 0.15) is 27.5 Å². The fourth-order valence-corrected chi connectivity index (χ4v) is 3.82. The predicted molar refractivity (Wildman–Crippen MR) is 127 cm³/mol. The number of hydrogen-bond acceptors (Lipinski definition) is 3. The second-order valence-electron chi connectivity index (χ2n) is 7.37. The Kier molecular flexibility index (Phi) is 5.63. The summed E-state index contributed by atoms with van der Waals surface area (Å²) in [6.07, 6.45) is 0. The summed E-state index contributed by atoms with van der Waals surface area (Å²) in [6.45, 7) is 0. The van der Waals surface area contributed by atoms with Gasteiger partial charge in [-0.15, -0.1) is 0 Å². The van der Waals surface area contributed by atoms with Gasteiger partial charge in [0.15, 0.2) is 10.9 Å². The quantitative estimate of drug-likeness (QED) is 0.474. The molecule has 0 spiro atoms. The highest BCUT2D eigenvalue weighted by molar-refractivity contribution is 7.80. The summed E-state index contributed by atoms with van der Waals surface area (Å²) >= 11 is 5.51. The summed E-state index contributed by atoms with van der Waals surface area (Å²) in [5.41, 5.74) is 5.05. The Morgan fingerprint density at radius 3 is 2.07 bits per heavy atom. The minimum atomic E-state index is -0.349. The number of ketones is 1. The Balaban J connectivity index is 1.88. The van der Waals surface area contributed by atoms with Gasteiger partial charge in [0, 0.05) is 25.3 Å². The monoisotopic (exact) mass is 413 g/mol. The third kappa shape index (κ3) is 3.98. The number of thiocarbonyl (C=S) groups is 1. The van der Waals surface area contributed by atoms with Gasteiger partial charge in [0.1, 0.15) is 0 Å². The lowest BCUT2D eigenvalue weighted by Gasteiger charge is -2.32. The molecule has 3 aromatic carbocycles. The van der Waals surface area contributed by atoms with Crippen molar-refractivity contribution in [1.29, 1.82) is 0 Å². The third-order valence-electron chi connectivity index (χ3n) is 5.16. The molecule has 150 valence electrons. The zero-order chi connectivity index (χ0) is 21.1. The van der Waals surface area contributed by atoms with Gasteiger partial charge in [-0.2, -0.15) is 0 Å². The van der Waals surface area contributed by atoms with E-state index in [9.17, 15) is 4.79 Å². The summed E-state index contributed by atoms with van der Waals surface area (Å²) in [7, 11) is 4.01. The molecule has 0 saturated carbocycles. The van der Waals surface area contributed by atoms with Gasteiger partial charge in [-0.25, -0.2) is 0 Å². The highest BCUT2D eigenvalue weighted by Crippen LogP contribution is 2.34. The molecule has 0 radical (unpaired) electrons. The maximum absolute atomic E-state index is 13.7. The number of nitrogens with one attached hydrogen (secondary N) is 2. The van der Waals surface area contributed by atoms with Crippen LogP contribution in [0.4, 0.5) is 5.69 Å². The highest BCUT2D eigenvalue weighted by atomic mass is 32.1. The van der Waals surface area contributed by atoms with Gasteiger partial charge < -0.3 is 15.5 Å². The van der Waals surface area contributed by atoms with Crippen LogP contribution in [0.3, 0.4) is 0 Å². The molecule has 3 aromatic rings. The molecule has 1 aliphatic heterocycles. The molecule has 0 fully saturated rings. The fourth-order valence-electron chi connectivity index (χ4n) is 3.60. The van der Waals surface area contributed by atoms with E-state index < -0.39 is 0 Å². The first-order valence-electron chi connectivity index (χ1n) is 9.79. The van der Waals surface area contributed by atoms with Gasteiger partial charge in [0.2, 0.25) is 0 Å². The normalized spacial score (nSPS) is 15.9. The topological polar surface area (TPSA) is 44.4 Å². The van der Waals surface area contributed by atoms with Crippen molar-refractivity contribution < 1.29 is 4.79 Å². The Bertz CT molecular complexity index is 1090. The van der Waals surface area contributed by atoms with Crippen molar-refractivity contribution >= 4 is 34.5 Å². The van der Waals surface area contributed by atoms with Crippen LogP contribution < -0.4 is 15.5 Å². The number of hydrogen-bond donors (Lipinski definition) is 2. The number of carbonyl (C=O) groups excluding carboxylic acids is 1. The summed E-state index contributed by atoms with van der Waals surface area (Å²) in [5, 5.41) is 7.04. The standard InChI is InChI=1S/C25H23N3OS/c1-28(2)20-15-13-18(14-16-20)23-21(24(29)19-11-7-4-8-12-19)22(26-25(30)27-23)17-9-5-3-6-10-17/h3-16,23H,1-2H3,(H2,26,27,30)/t23-/m1/s1. The lowest BCUT2D eigenvalue weighted by atomic mass is 9.87. The minimum absolute atomic E-state index is 0.0290. The summed E-state index contributed by atoms with van der Waals surface area (Å²) in [5.74, 6) is -0.0290. The lowest BCUT2D eigenvalue weighted by molar-refractivity contribution is 0.102. The molecule has 0 unspecified atom stereocenters. The number of nitrogens with zero attached hydrogens (tertiary/aromatic N) is 1. The molecule has 4 rings (SSSR count). The van der Waals surface area contributed by atoms with Gasteiger partial charge in [0.05, 0.1) is 17.3 Å². The van der Waals surface area contributed by atoms with Crippen molar-refractivity contribution in [3.8, 4) is 0 Å². The van der Waals surface area contributed by atoms with Gasteiger partial charge in [-0.05, 0) is 35.5 Å². The maximum atomic E-state index is 13.7. The van der Waals surface area contributed by atoms with E-state index in [0.29, 0.717) is 16.2 Å². The lowest BCUT2D eigenvalue weighted by Crippen LogP contribution is -2.44. The van der Waals surface area contributed by atoms with Crippen LogP contribution in [0.15, 0.2) is 90.5 Å². The van der Waals surface area contributed by atoms with Crippen molar-refractivity contribution in [2.24, 2.45) is 0 Å². The zero-order valence-corrected chi connectivity index (χ0v) is 17.7. The summed E-state index contributed by atoms with van der Waals surface area (Å²) in [6, 6.07) is 27.0. The van der Waals surface area contributed by atoms with Crippen molar-refractivity contribution in [2.75, 3.05) is 19.0 Å². The number of anilines is 1. The molecular formula is C25H23N3OS. The molecule has 0 aliphatic carbocycles. The predicted octanol–water partition coefficient (Wildman–Crippen LogP) is 4.57. The van der Waals surface area contributed by atoms with E-state index in [2.05, 4.69) is 22.8 Å². The van der Waals surface area contributed by atoms with Crippen LogP contribution in [0.25, 0.3) is 5.70 Å². The molecule has 1 atom stereocenters.